The Morgan fingerprint density at radius 3 is 2.94 bits per heavy atom. The van der Waals surface area contributed by atoms with Crippen molar-refractivity contribution in [3.63, 3.8) is 0 Å². The second-order valence-corrected chi connectivity index (χ2v) is 6.05. The van der Waals surface area contributed by atoms with Crippen LogP contribution in [-0.4, -0.2) is 10.1 Å². The van der Waals surface area contributed by atoms with Crippen LogP contribution in [0.3, 0.4) is 0 Å². The fourth-order valence-corrected chi connectivity index (χ4v) is 2.68. The molecule has 0 atom stereocenters. The standard InChI is InChI=1S/C11H10BrClN2OS/c1-6-8(12)2-3-9(16)10(6)14-4-7-5-15-11(13)17-7/h2-3,5,14,16H,4H2,1H3. The Hall–Kier alpha value is -0.780. The molecule has 0 fully saturated rings. The van der Waals surface area contributed by atoms with Crippen molar-refractivity contribution < 1.29 is 5.11 Å². The molecule has 2 N–H and O–H groups in total. The second-order valence-electron chi connectivity index (χ2n) is 3.50. The molecule has 0 bridgehead atoms. The Bertz CT molecular complexity index is 544. The van der Waals surface area contributed by atoms with E-state index in [9.17, 15) is 5.11 Å². The lowest BCUT2D eigenvalue weighted by Gasteiger charge is -2.11. The largest absolute Gasteiger partial charge is 0.506 e. The topological polar surface area (TPSA) is 45.1 Å². The summed E-state index contributed by atoms with van der Waals surface area (Å²) < 4.78 is 1.48. The average Bonchev–Trinajstić information content (AvgIpc) is 2.70. The summed E-state index contributed by atoms with van der Waals surface area (Å²) in [4.78, 5) is 4.99. The Morgan fingerprint density at radius 2 is 2.29 bits per heavy atom. The first-order chi connectivity index (χ1) is 8.08. The number of hydrogen-bond acceptors (Lipinski definition) is 4. The van der Waals surface area contributed by atoms with Crippen molar-refractivity contribution in [1.82, 2.24) is 4.98 Å². The smallest absolute Gasteiger partial charge is 0.183 e. The lowest BCUT2D eigenvalue weighted by molar-refractivity contribution is 0.476. The van der Waals surface area contributed by atoms with Gasteiger partial charge in [0.2, 0.25) is 0 Å². The van der Waals surface area contributed by atoms with Gasteiger partial charge in [-0.3, -0.25) is 0 Å². The van der Waals surface area contributed by atoms with Gasteiger partial charge in [0.1, 0.15) is 5.75 Å². The van der Waals surface area contributed by atoms with Gasteiger partial charge in [-0.15, -0.1) is 11.3 Å². The van der Waals surface area contributed by atoms with Crippen LogP contribution < -0.4 is 5.32 Å². The number of rotatable bonds is 3. The maximum Gasteiger partial charge on any atom is 0.183 e. The van der Waals surface area contributed by atoms with E-state index in [1.165, 1.54) is 11.3 Å². The van der Waals surface area contributed by atoms with E-state index in [2.05, 4.69) is 26.2 Å². The van der Waals surface area contributed by atoms with Crippen LogP contribution in [0.25, 0.3) is 0 Å². The minimum atomic E-state index is 0.237. The van der Waals surface area contributed by atoms with Gasteiger partial charge in [-0.25, -0.2) is 4.98 Å². The number of phenols is 1. The fraction of sp³-hybridized carbons (Fsp3) is 0.182. The highest BCUT2D eigenvalue weighted by Crippen LogP contribution is 2.33. The zero-order chi connectivity index (χ0) is 12.4. The predicted octanol–water partition coefficient (Wildman–Crippen LogP) is 4.19. The number of aromatic nitrogens is 1. The summed E-state index contributed by atoms with van der Waals surface area (Å²) in [6.07, 6.45) is 1.73. The number of nitrogens with zero attached hydrogens (tertiary/aromatic N) is 1. The van der Waals surface area contributed by atoms with Crippen molar-refractivity contribution in [1.29, 1.82) is 0 Å². The molecule has 0 saturated heterocycles. The van der Waals surface area contributed by atoms with Gasteiger partial charge in [0, 0.05) is 15.5 Å². The molecule has 3 nitrogen and oxygen atoms in total. The molecule has 0 aliphatic heterocycles. The molecule has 0 radical (unpaired) electrons. The van der Waals surface area contributed by atoms with Crippen molar-refractivity contribution in [2.75, 3.05) is 5.32 Å². The molecule has 1 aromatic heterocycles. The van der Waals surface area contributed by atoms with Gasteiger partial charge >= 0.3 is 0 Å². The minimum absolute atomic E-state index is 0.237. The van der Waals surface area contributed by atoms with Crippen LogP contribution in [0.4, 0.5) is 5.69 Å². The molecule has 90 valence electrons. The van der Waals surface area contributed by atoms with E-state index in [0.717, 1.165) is 20.6 Å². The van der Waals surface area contributed by atoms with Crippen LogP contribution in [0.5, 0.6) is 5.75 Å². The lowest BCUT2D eigenvalue weighted by atomic mass is 10.2. The van der Waals surface area contributed by atoms with E-state index in [1.54, 1.807) is 12.3 Å². The summed E-state index contributed by atoms with van der Waals surface area (Å²) in [6.45, 7) is 2.53. The summed E-state index contributed by atoms with van der Waals surface area (Å²) >= 11 is 10.6. The number of benzene rings is 1. The zero-order valence-electron chi connectivity index (χ0n) is 9.00. The van der Waals surface area contributed by atoms with E-state index >= 15 is 0 Å². The van der Waals surface area contributed by atoms with E-state index in [1.807, 2.05) is 13.0 Å². The molecule has 0 aliphatic carbocycles. The van der Waals surface area contributed by atoms with E-state index in [4.69, 9.17) is 11.6 Å². The predicted molar refractivity (Wildman–Crippen MR) is 75.0 cm³/mol. The van der Waals surface area contributed by atoms with Gasteiger partial charge < -0.3 is 10.4 Å². The van der Waals surface area contributed by atoms with Gasteiger partial charge in [0.15, 0.2) is 4.47 Å². The number of anilines is 1. The number of hydrogen-bond donors (Lipinski definition) is 2. The maximum atomic E-state index is 9.78. The van der Waals surface area contributed by atoms with Gasteiger partial charge in [0.25, 0.3) is 0 Å². The Labute approximate surface area is 117 Å². The van der Waals surface area contributed by atoms with Crippen molar-refractivity contribution in [3.8, 4) is 5.75 Å². The first-order valence-corrected chi connectivity index (χ1v) is 6.89. The molecule has 1 aromatic carbocycles. The molecule has 0 aliphatic rings. The Morgan fingerprint density at radius 1 is 1.53 bits per heavy atom. The van der Waals surface area contributed by atoms with Crippen LogP contribution in [0.1, 0.15) is 10.4 Å². The van der Waals surface area contributed by atoms with Gasteiger partial charge in [-0.05, 0) is 24.6 Å². The molecule has 0 amide bonds. The first kappa shape index (κ1) is 12.7. The third kappa shape index (κ3) is 2.91. The summed E-state index contributed by atoms with van der Waals surface area (Å²) in [5.41, 5.74) is 1.70. The molecule has 17 heavy (non-hydrogen) atoms. The molecule has 6 heteroatoms. The highest BCUT2D eigenvalue weighted by Gasteiger charge is 2.08. The van der Waals surface area contributed by atoms with E-state index in [-0.39, 0.29) is 5.75 Å². The van der Waals surface area contributed by atoms with Crippen LogP contribution in [0, 0.1) is 6.92 Å². The van der Waals surface area contributed by atoms with Crippen molar-refractivity contribution in [2.45, 2.75) is 13.5 Å². The van der Waals surface area contributed by atoms with Crippen LogP contribution >= 0.6 is 38.9 Å². The maximum absolute atomic E-state index is 9.78. The molecular formula is C11H10BrClN2OS. The molecule has 1 heterocycles. The quantitative estimate of drug-likeness (QED) is 0.828. The normalized spacial score (nSPS) is 10.5. The van der Waals surface area contributed by atoms with E-state index < -0.39 is 0 Å². The Kier molecular flexibility index (Phi) is 3.91. The molecule has 0 spiro atoms. The van der Waals surface area contributed by atoms with Gasteiger partial charge in [-0.1, -0.05) is 27.5 Å². The monoisotopic (exact) mass is 332 g/mol. The molecule has 0 saturated carbocycles. The minimum Gasteiger partial charge on any atom is -0.506 e. The molecular weight excluding hydrogens is 324 g/mol. The second kappa shape index (κ2) is 5.25. The van der Waals surface area contributed by atoms with Crippen LogP contribution in [-0.2, 0) is 6.54 Å². The van der Waals surface area contributed by atoms with E-state index in [0.29, 0.717) is 11.0 Å². The van der Waals surface area contributed by atoms with Crippen LogP contribution in [0.15, 0.2) is 22.8 Å². The molecule has 2 rings (SSSR count). The summed E-state index contributed by atoms with van der Waals surface area (Å²) in [6, 6.07) is 3.47. The molecule has 0 unspecified atom stereocenters. The van der Waals surface area contributed by atoms with Gasteiger partial charge in [0.05, 0.1) is 12.2 Å². The SMILES string of the molecule is Cc1c(Br)ccc(O)c1NCc1cnc(Cl)s1. The summed E-state index contributed by atoms with van der Waals surface area (Å²) in [7, 11) is 0. The highest BCUT2D eigenvalue weighted by atomic mass is 79.9. The average molecular weight is 334 g/mol. The third-order valence-corrected chi connectivity index (χ3v) is 4.32. The highest BCUT2D eigenvalue weighted by molar-refractivity contribution is 9.10. The number of aromatic hydroxyl groups is 1. The number of phenolic OH excluding ortho intramolecular Hbond substituents is 1. The van der Waals surface area contributed by atoms with Crippen molar-refractivity contribution >= 4 is 44.6 Å². The number of halogens is 2. The third-order valence-electron chi connectivity index (χ3n) is 2.34. The lowest BCUT2D eigenvalue weighted by Crippen LogP contribution is -2.00. The number of nitrogens with one attached hydrogen (secondary N) is 1. The van der Waals surface area contributed by atoms with Crippen molar-refractivity contribution in [2.24, 2.45) is 0 Å². The first-order valence-electron chi connectivity index (χ1n) is 4.90. The zero-order valence-corrected chi connectivity index (χ0v) is 12.2. The van der Waals surface area contributed by atoms with Gasteiger partial charge in [-0.2, -0.15) is 0 Å². The summed E-state index contributed by atoms with van der Waals surface area (Å²) in [5.74, 6) is 0.237. The number of thiazole rings is 1. The fourth-order valence-electron chi connectivity index (χ4n) is 1.44. The van der Waals surface area contributed by atoms with Crippen molar-refractivity contribution in [3.05, 3.63) is 37.7 Å². The van der Waals surface area contributed by atoms with Crippen LogP contribution in [0.2, 0.25) is 4.47 Å². The molecule has 2 aromatic rings. The summed E-state index contributed by atoms with van der Waals surface area (Å²) in [5, 5.41) is 13.0. The Balaban J connectivity index is 2.16.